The summed E-state index contributed by atoms with van der Waals surface area (Å²) in [5.41, 5.74) is 1.64. The van der Waals surface area contributed by atoms with Crippen LogP contribution in [0.4, 0.5) is 5.69 Å². The van der Waals surface area contributed by atoms with Crippen LogP contribution in [0.3, 0.4) is 0 Å². The van der Waals surface area contributed by atoms with Gasteiger partial charge in [-0.2, -0.15) is 5.26 Å². The number of thioether (sulfide) groups is 1. The van der Waals surface area contributed by atoms with Crippen molar-refractivity contribution in [3.8, 4) is 6.07 Å². The number of halogens is 1. The molecule has 0 spiro atoms. The number of nitrogens with one attached hydrogen (secondary N) is 1. The molecule has 0 aliphatic rings. The van der Waals surface area contributed by atoms with E-state index in [1.165, 1.54) is 11.8 Å². The molecule has 0 unspecified atom stereocenters. The third-order valence-corrected chi connectivity index (χ3v) is 3.81. The molecule has 1 N–H and O–H groups in total. The van der Waals surface area contributed by atoms with Crippen LogP contribution in [0.5, 0.6) is 0 Å². The van der Waals surface area contributed by atoms with Crippen molar-refractivity contribution in [2.45, 2.75) is 11.3 Å². The van der Waals surface area contributed by atoms with Crippen LogP contribution in [0.25, 0.3) is 0 Å². The van der Waals surface area contributed by atoms with Crippen LogP contribution in [0, 0.1) is 11.3 Å². The largest absolute Gasteiger partial charge is 0.326 e. The van der Waals surface area contributed by atoms with E-state index in [-0.39, 0.29) is 5.91 Å². The van der Waals surface area contributed by atoms with E-state index >= 15 is 0 Å². The maximum absolute atomic E-state index is 12.0. The quantitative estimate of drug-likeness (QED) is 0.844. The average molecular weight is 317 g/mol. The van der Waals surface area contributed by atoms with E-state index in [4.69, 9.17) is 16.9 Å². The first-order valence-corrected chi connectivity index (χ1v) is 7.68. The Balaban J connectivity index is 1.96. The maximum Gasteiger partial charge on any atom is 0.228 e. The van der Waals surface area contributed by atoms with E-state index in [0.29, 0.717) is 17.2 Å². The van der Waals surface area contributed by atoms with Crippen LogP contribution in [-0.2, 0) is 11.2 Å². The predicted octanol–water partition coefficient (Wildman–Crippen LogP) is 4.14. The fraction of sp³-hybridized carbons (Fsp3) is 0.125. The first kappa shape index (κ1) is 15.4. The maximum atomic E-state index is 12.0. The van der Waals surface area contributed by atoms with E-state index in [2.05, 4.69) is 11.4 Å². The number of carbonyl (C=O) groups excluding carboxylic acids is 1. The molecular formula is C16H13ClN2OS. The summed E-state index contributed by atoms with van der Waals surface area (Å²) in [6.07, 6.45) is 0.298. The molecule has 106 valence electrons. The molecular weight excluding hydrogens is 304 g/mol. The Kier molecular flexibility index (Phi) is 5.68. The van der Waals surface area contributed by atoms with Crippen LogP contribution in [0.1, 0.15) is 5.56 Å². The summed E-state index contributed by atoms with van der Waals surface area (Å²) < 4.78 is 0. The minimum atomic E-state index is -0.0836. The van der Waals surface area contributed by atoms with Gasteiger partial charge in [-0.25, -0.2) is 0 Å². The van der Waals surface area contributed by atoms with Crippen LogP contribution >= 0.6 is 23.4 Å². The van der Waals surface area contributed by atoms with Gasteiger partial charge in [0.25, 0.3) is 0 Å². The number of nitriles is 1. The molecule has 0 radical (unpaired) electrons. The second kappa shape index (κ2) is 7.72. The van der Waals surface area contributed by atoms with Gasteiger partial charge in [-0.15, -0.1) is 11.8 Å². The molecule has 0 heterocycles. The van der Waals surface area contributed by atoms with Crippen molar-refractivity contribution in [3.05, 3.63) is 59.1 Å². The third-order valence-electron chi connectivity index (χ3n) is 2.70. The molecule has 21 heavy (non-hydrogen) atoms. The molecule has 2 aromatic rings. The van der Waals surface area contributed by atoms with E-state index < -0.39 is 0 Å². The molecule has 2 aromatic carbocycles. The number of nitrogens with zero attached hydrogens (tertiary/aromatic N) is 1. The topological polar surface area (TPSA) is 52.9 Å². The highest BCUT2D eigenvalue weighted by atomic mass is 35.5. The first-order chi connectivity index (χ1) is 10.2. The zero-order valence-corrected chi connectivity index (χ0v) is 12.7. The van der Waals surface area contributed by atoms with Crippen molar-refractivity contribution in [1.29, 1.82) is 5.26 Å². The van der Waals surface area contributed by atoms with Crippen molar-refractivity contribution < 1.29 is 4.79 Å². The number of amides is 1. The van der Waals surface area contributed by atoms with E-state index in [1.54, 1.807) is 12.1 Å². The van der Waals surface area contributed by atoms with Crippen LogP contribution < -0.4 is 5.32 Å². The fourth-order valence-electron chi connectivity index (χ4n) is 1.77. The molecule has 0 aliphatic heterocycles. The highest BCUT2D eigenvalue weighted by Crippen LogP contribution is 2.21. The Hall–Kier alpha value is -1.96. The standard InChI is InChI=1S/C16H13ClN2OS/c17-13-6-4-12(5-7-13)10-16(20)19-14-2-1-3-15(11-14)21-9-8-18/h1-7,11H,9-10H2,(H,19,20). The van der Waals surface area contributed by atoms with Crippen molar-refractivity contribution in [2.24, 2.45) is 0 Å². The zero-order chi connectivity index (χ0) is 15.1. The highest BCUT2D eigenvalue weighted by Gasteiger charge is 2.05. The van der Waals surface area contributed by atoms with Crippen LogP contribution in [-0.4, -0.2) is 11.7 Å². The monoisotopic (exact) mass is 316 g/mol. The Morgan fingerprint density at radius 3 is 2.71 bits per heavy atom. The summed E-state index contributed by atoms with van der Waals surface area (Å²) in [5, 5.41) is 12.1. The second-order valence-corrected chi connectivity index (χ2v) is 5.81. The Morgan fingerprint density at radius 1 is 1.24 bits per heavy atom. The minimum absolute atomic E-state index is 0.0836. The van der Waals surface area contributed by atoms with Gasteiger partial charge in [-0.3, -0.25) is 4.79 Å². The Labute approximate surface area is 132 Å². The smallest absolute Gasteiger partial charge is 0.228 e. The van der Waals surface area contributed by atoms with Crippen LogP contribution in [0.2, 0.25) is 5.02 Å². The minimum Gasteiger partial charge on any atom is -0.326 e. The predicted molar refractivity (Wildman–Crippen MR) is 86.6 cm³/mol. The fourth-order valence-corrected chi connectivity index (χ4v) is 2.51. The van der Waals surface area contributed by atoms with E-state index in [9.17, 15) is 4.79 Å². The molecule has 0 aromatic heterocycles. The number of hydrogen-bond donors (Lipinski definition) is 1. The molecule has 0 aliphatic carbocycles. The molecule has 0 saturated carbocycles. The van der Waals surface area contributed by atoms with Gasteiger partial charge in [0.1, 0.15) is 0 Å². The lowest BCUT2D eigenvalue weighted by atomic mass is 10.1. The van der Waals surface area contributed by atoms with E-state index in [1.807, 2.05) is 36.4 Å². The molecule has 5 heteroatoms. The van der Waals surface area contributed by atoms with Crippen molar-refractivity contribution in [1.82, 2.24) is 0 Å². The van der Waals surface area contributed by atoms with Gasteiger partial charge >= 0.3 is 0 Å². The lowest BCUT2D eigenvalue weighted by molar-refractivity contribution is -0.115. The van der Waals surface area contributed by atoms with Gasteiger partial charge in [0, 0.05) is 15.6 Å². The van der Waals surface area contributed by atoms with Gasteiger partial charge < -0.3 is 5.32 Å². The van der Waals surface area contributed by atoms with Crippen molar-refractivity contribution in [3.63, 3.8) is 0 Å². The molecule has 0 bridgehead atoms. The molecule has 1 amide bonds. The van der Waals surface area contributed by atoms with Crippen molar-refractivity contribution >= 4 is 35.0 Å². The average Bonchev–Trinajstić information content (AvgIpc) is 2.48. The summed E-state index contributed by atoms with van der Waals surface area (Å²) in [6, 6.07) is 16.7. The summed E-state index contributed by atoms with van der Waals surface area (Å²) in [4.78, 5) is 12.9. The van der Waals surface area contributed by atoms with Gasteiger partial charge in [0.2, 0.25) is 5.91 Å². The number of anilines is 1. The van der Waals surface area contributed by atoms with Crippen LogP contribution in [0.15, 0.2) is 53.4 Å². The second-order valence-electron chi connectivity index (χ2n) is 4.33. The molecule has 0 fully saturated rings. The lowest BCUT2D eigenvalue weighted by Gasteiger charge is -2.07. The van der Waals surface area contributed by atoms with E-state index in [0.717, 1.165) is 16.1 Å². The summed E-state index contributed by atoms with van der Waals surface area (Å²) in [7, 11) is 0. The summed E-state index contributed by atoms with van der Waals surface area (Å²) in [5.74, 6) is 0.307. The molecule has 0 atom stereocenters. The molecule has 3 nitrogen and oxygen atoms in total. The molecule has 0 saturated heterocycles. The lowest BCUT2D eigenvalue weighted by Crippen LogP contribution is -2.14. The normalized spacial score (nSPS) is 9.90. The number of rotatable bonds is 5. The summed E-state index contributed by atoms with van der Waals surface area (Å²) in [6.45, 7) is 0. The van der Waals surface area contributed by atoms with Gasteiger partial charge in [-0.1, -0.05) is 29.8 Å². The van der Waals surface area contributed by atoms with Crippen molar-refractivity contribution in [2.75, 3.05) is 11.1 Å². The SMILES string of the molecule is N#CCSc1cccc(NC(=O)Cc2ccc(Cl)cc2)c1. The highest BCUT2D eigenvalue weighted by molar-refractivity contribution is 7.99. The number of hydrogen-bond acceptors (Lipinski definition) is 3. The Bertz CT molecular complexity index is 665. The third kappa shape index (κ3) is 5.14. The summed E-state index contributed by atoms with van der Waals surface area (Å²) >= 11 is 7.25. The Morgan fingerprint density at radius 2 is 2.00 bits per heavy atom. The first-order valence-electron chi connectivity index (χ1n) is 6.31. The van der Waals surface area contributed by atoms with Gasteiger partial charge in [0.05, 0.1) is 18.2 Å². The zero-order valence-electron chi connectivity index (χ0n) is 11.2. The van der Waals surface area contributed by atoms with Gasteiger partial charge in [0.15, 0.2) is 0 Å². The number of carbonyl (C=O) groups is 1. The van der Waals surface area contributed by atoms with Gasteiger partial charge in [-0.05, 0) is 35.9 Å². The number of benzene rings is 2. The molecule has 2 rings (SSSR count).